The standard InChI is InChI=1S/C18H19F3N4O2S/c19-13-4-5-16(15(21)12-13)25-17-3-1-2-14(20)18(17)24(28(25,26)27)11-10-23-8-6-22-7-9-23/h1-5,12,22H,6-11H2. The summed E-state index contributed by atoms with van der Waals surface area (Å²) in [5, 5.41) is 3.21. The van der Waals surface area contributed by atoms with Crippen molar-refractivity contribution in [2.75, 3.05) is 47.9 Å². The van der Waals surface area contributed by atoms with Gasteiger partial charge < -0.3 is 5.32 Å². The van der Waals surface area contributed by atoms with Crippen LogP contribution in [0.2, 0.25) is 0 Å². The van der Waals surface area contributed by atoms with Gasteiger partial charge in [-0.05, 0) is 24.3 Å². The lowest BCUT2D eigenvalue weighted by molar-refractivity contribution is 0.248. The number of hydrogen-bond acceptors (Lipinski definition) is 4. The van der Waals surface area contributed by atoms with Crippen LogP contribution < -0.4 is 13.9 Å². The maximum atomic E-state index is 14.6. The van der Waals surface area contributed by atoms with Gasteiger partial charge in [-0.3, -0.25) is 4.90 Å². The molecule has 150 valence electrons. The maximum Gasteiger partial charge on any atom is 0.331 e. The molecule has 6 nitrogen and oxygen atoms in total. The largest absolute Gasteiger partial charge is 0.331 e. The van der Waals surface area contributed by atoms with E-state index < -0.39 is 27.7 Å². The Labute approximate surface area is 161 Å². The molecule has 1 N–H and O–H groups in total. The van der Waals surface area contributed by atoms with Crippen LogP contribution in [0.5, 0.6) is 0 Å². The number of piperazine rings is 1. The number of rotatable bonds is 4. The first-order chi connectivity index (χ1) is 13.4. The summed E-state index contributed by atoms with van der Waals surface area (Å²) in [5.41, 5.74) is -0.467. The third kappa shape index (κ3) is 3.21. The Balaban J connectivity index is 1.74. The number of nitrogens with one attached hydrogen (secondary N) is 1. The molecule has 2 aliphatic rings. The van der Waals surface area contributed by atoms with Gasteiger partial charge in [0.25, 0.3) is 0 Å². The quantitative estimate of drug-likeness (QED) is 0.837. The zero-order valence-electron chi connectivity index (χ0n) is 14.9. The first-order valence-electron chi connectivity index (χ1n) is 8.89. The van der Waals surface area contributed by atoms with E-state index in [9.17, 15) is 21.6 Å². The highest BCUT2D eigenvalue weighted by Gasteiger charge is 2.44. The average molecular weight is 412 g/mol. The van der Waals surface area contributed by atoms with Crippen LogP contribution in [0.3, 0.4) is 0 Å². The molecule has 0 bridgehead atoms. The molecule has 28 heavy (non-hydrogen) atoms. The van der Waals surface area contributed by atoms with Gasteiger partial charge in [-0.1, -0.05) is 6.07 Å². The van der Waals surface area contributed by atoms with Gasteiger partial charge in [0.15, 0.2) is 5.82 Å². The number of anilines is 3. The monoisotopic (exact) mass is 412 g/mol. The zero-order chi connectivity index (χ0) is 19.9. The fraction of sp³-hybridized carbons (Fsp3) is 0.333. The average Bonchev–Trinajstić information content (AvgIpc) is 2.89. The van der Waals surface area contributed by atoms with Gasteiger partial charge >= 0.3 is 10.2 Å². The molecule has 10 heteroatoms. The van der Waals surface area contributed by atoms with Crippen molar-refractivity contribution in [2.45, 2.75) is 0 Å². The molecule has 0 spiro atoms. The highest BCUT2D eigenvalue weighted by Crippen LogP contribution is 2.47. The van der Waals surface area contributed by atoms with Crippen molar-refractivity contribution in [3.63, 3.8) is 0 Å². The van der Waals surface area contributed by atoms with Crippen LogP contribution >= 0.6 is 0 Å². The second-order valence-electron chi connectivity index (χ2n) is 6.64. The molecule has 0 unspecified atom stereocenters. The molecule has 1 saturated heterocycles. The van der Waals surface area contributed by atoms with Crippen LogP contribution in [0.4, 0.5) is 30.2 Å². The van der Waals surface area contributed by atoms with E-state index in [-0.39, 0.29) is 23.6 Å². The smallest absolute Gasteiger partial charge is 0.314 e. The molecule has 4 rings (SSSR count). The summed E-state index contributed by atoms with van der Waals surface area (Å²) < 4.78 is 70.4. The topological polar surface area (TPSA) is 55.9 Å². The maximum absolute atomic E-state index is 14.6. The number of benzene rings is 2. The minimum Gasteiger partial charge on any atom is -0.314 e. The Hall–Kier alpha value is -2.30. The van der Waals surface area contributed by atoms with Crippen molar-refractivity contribution < 1.29 is 21.6 Å². The van der Waals surface area contributed by atoms with E-state index in [1.165, 1.54) is 12.1 Å². The molecule has 0 amide bonds. The van der Waals surface area contributed by atoms with Crippen molar-refractivity contribution in [2.24, 2.45) is 0 Å². The molecular weight excluding hydrogens is 393 g/mol. The van der Waals surface area contributed by atoms with Gasteiger partial charge in [-0.25, -0.2) is 21.8 Å². The lowest BCUT2D eigenvalue weighted by Gasteiger charge is -2.29. The van der Waals surface area contributed by atoms with Crippen molar-refractivity contribution in [3.8, 4) is 0 Å². The van der Waals surface area contributed by atoms with Crippen LogP contribution in [0.1, 0.15) is 0 Å². The van der Waals surface area contributed by atoms with Crippen LogP contribution in [0.25, 0.3) is 0 Å². The highest BCUT2D eigenvalue weighted by molar-refractivity contribution is 7.95. The number of para-hydroxylation sites is 1. The third-order valence-corrected chi connectivity index (χ3v) is 6.68. The van der Waals surface area contributed by atoms with Crippen molar-refractivity contribution in [3.05, 3.63) is 53.8 Å². The first kappa shape index (κ1) is 19.0. The SMILES string of the molecule is O=S1(=O)N(CCN2CCNCC2)c2c(F)cccc2N1c1ccc(F)cc1F. The molecule has 0 aliphatic carbocycles. The summed E-state index contributed by atoms with van der Waals surface area (Å²) in [5.74, 6) is -2.58. The molecule has 0 aromatic heterocycles. The minimum atomic E-state index is -4.28. The van der Waals surface area contributed by atoms with E-state index in [0.29, 0.717) is 12.6 Å². The van der Waals surface area contributed by atoms with Crippen LogP contribution in [-0.2, 0) is 10.2 Å². The van der Waals surface area contributed by atoms with Gasteiger partial charge in [-0.15, -0.1) is 0 Å². The lowest BCUT2D eigenvalue weighted by atomic mass is 10.2. The fourth-order valence-corrected chi connectivity index (χ4v) is 5.26. The Morgan fingerprint density at radius 3 is 2.39 bits per heavy atom. The van der Waals surface area contributed by atoms with Gasteiger partial charge in [0.1, 0.15) is 17.3 Å². The number of nitrogens with zero attached hydrogens (tertiary/aromatic N) is 3. The zero-order valence-corrected chi connectivity index (χ0v) is 15.7. The van der Waals surface area contributed by atoms with Crippen molar-refractivity contribution in [1.29, 1.82) is 0 Å². The normalized spacial score (nSPS) is 19.1. The Morgan fingerprint density at radius 2 is 1.68 bits per heavy atom. The summed E-state index contributed by atoms with van der Waals surface area (Å²) >= 11 is 0. The summed E-state index contributed by atoms with van der Waals surface area (Å²) in [6.45, 7) is 3.54. The summed E-state index contributed by atoms with van der Waals surface area (Å²) in [4.78, 5) is 2.08. The fourth-order valence-electron chi connectivity index (χ4n) is 3.55. The molecule has 0 radical (unpaired) electrons. The Morgan fingerprint density at radius 1 is 0.929 bits per heavy atom. The van der Waals surface area contributed by atoms with E-state index in [1.807, 2.05) is 0 Å². The first-order valence-corrected chi connectivity index (χ1v) is 10.3. The number of fused-ring (bicyclic) bond motifs is 1. The Bertz CT molecular complexity index is 996. The Kier molecular flexibility index (Phi) is 4.94. The molecule has 2 aliphatic heterocycles. The molecular formula is C18H19F3N4O2S. The minimum absolute atomic E-state index is 0.00539. The van der Waals surface area contributed by atoms with Gasteiger partial charge in [0, 0.05) is 45.3 Å². The van der Waals surface area contributed by atoms with E-state index in [0.717, 1.165) is 53.0 Å². The highest BCUT2D eigenvalue weighted by atomic mass is 32.2. The summed E-state index contributed by atoms with van der Waals surface area (Å²) in [6.07, 6.45) is 0. The number of hydrogen-bond donors (Lipinski definition) is 1. The molecule has 2 aromatic rings. The van der Waals surface area contributed by atoms with E-state index >= 15 is 0 Å². The van der Waals surface area contributed by atoms with E-state index in [4.69, 9.17) is 0 Å². The summed E-state index contributed by atoms with van der Waals surface area (Å²) in [7, 11) is -4.28. The summed E-state index contributed by atoms with van der Waals surface area (Å²) in [6, 6.07) is 6.54. The van der Waals surface area contributed by atoms with Crippen LogP contribution in [0, 0.1) is 17.5 Å². The van der Waals surface area contributed by atoms with E-state index in [1.54, 1.807) is 0 Å². The molecule has 0 saturated carbocycles. The molecule has 2 heterocycles. The lowest BCUT2D eigenvalue weighted by Crippen LogP contribution is -2.47. The third-order valence-electron chi connectivity index (χ3n) is 4.90. The predicted molar refractivity (Wildman–Crippen MR) is 100 cm³/mol. The predicted octanol–water partition coefficient (Wildman–Crippen LogP) is 2.21. The molecule has 2 aromatic carbocycles. The van der Waals surface area contributed by atoms with Crippen LogP contribution in [0.15, 0.2) is 36.4 Å². The van der Waals surface area contributed by atoms with Crippen molar-refractivity contribution in [1.82, 2.24) is 10.2 Å². The van der Waals surface area contributed by atoms with E-state index in [2.05, 4.69) is 10.2 Å². The van der Waals surface area contributed by atoms with Crippen molar-refractivity contribution >= 4 is 27.3 Å². The molecule has 0 atom stereocenters. The molecule has 1 fully saturated rings. The second-order valence-corrected chi connectivity index (χ2v) is 8.34. The second kappa shape index (κ2) is 7.26. The number of halogens is 3. The van der Waals surface area contributed by atoms with Crippen LogP contribution in [-0.4, -0.2) is 52.6 Å². The van der Waals surface area contributed by atoms with Gasteiger partial charge in [0.2, 0.25) is 0 Å². The van der Waals surface area contributed by atoms with Gasteiger partial charge in [0.05, 0.1) is 11.4 Å². The van der Waals surface area contributed by atoms with Gasteiger partial charge in [-0.2, -0.15) is 8.42 Å².